The van der Waals surface area contributed by atoms with Crippen LogP contribution in [0.2, 0.25) is 0 Å². The molecule has 3 atom stereocenters. The lowest BCUT2D eigenvalue weighted by molar-refractivity contribution is -0.118. The average Bonchev–Trinajstić information content (AvgIpc) is 3.11. The number of ketones is 1. The number of ether oxygens (including phenoxy) is 2. The van der Waals surface area contributed by atoms with E-state index in [-0.39, 0.29) is 0 Å². The van der Waals surface area contributed by atoms with Crippen LogP contribution in [0.15, 0.2) is 22.6 Å². The van der Waals surface area contributed by atoms with Gasteiger partial charge in [0, 0.05) is 17.7 Å². The van der Waals surface area contributed by atoms with Crippen LogP contribution in [0.25, 0.3) is 11.5 Å². The molecule has 0 N–H and O–H groups in total. The van der Waals surface area contributed by atoms with E-state index in [0.717, 1.165) is 22.9 Å². The Morgan fingerprint density at radius 3 is 2.70 bits per heavy atom. The van der Waals surface area contributed by atoms with Crippen molar-refractivity contribution in [2.75, 3.05) is 20.0 Å². The minimum absolute atomic E-state index is 0.354. The zero-order valence-corrected chi connectivity index (χ0v) is 19.5. The van der Waals surface area contributed by atoms with E-state index in [1.165, 1.54) is 19.3 Å². The van der Waals surface area contributed by atoms with Crippen LogP contribution in [0.3, 0.4) is 0 Å². The summed E-state index contributed by atoms with van der Waals surface area (Å²) in [6.07, 6.45) is 4.47. The third-order valence-electron chi connectivity index (χ3n) is 6.39. The summed E-state index contributed by atoms with van der Waals surface area (Å²) in [6, 6.07) is 5.60. The highest BCUT2D eigenvalue weighted by Crippen LogP contribution is 2.37. The maximum absolute atomic E-state index is 12.5. The van der Waals surface area contributed by atoms with Gasteiger partial charge in [-0.05, 0) is 49.3 Å². The van der Waals surface area contributed by atoms with Crippen molar-refractivity contribution in [1.29, 1.82) is 0 Å². The van der Waals surface area contributed by atoms with E-state index in [1.54, 1.807) is 26.0 Å². The highest BCUT2D eigenvalue weighted by molar-refractivity contribution is 7.99. The van der Waals surface area contributed by atoms with Crippen molar-refractivity contribution in [1.82, 2.24) is 4.98 Å². The number of thioether (sulfide) groups is 1. The minimum atomic E-state index is 0.354. The number of methoxy groups -OCH3 is 2. The Kier molecular flexibility index (Phi) is 7.87. The molecule has 0 radical (unpaired) electrons. The van der Waals surface area contributed by atoms with Gasteiger partial charge >= 0.3 is 0 Å². The maximum Gasteiger partial charge on any atom is 0.226 e. The number of rotatable bonds is 9. The van der Waals surface area contributed by atoms with Gasteiger partial charge in [0.25, 0.3) is 0 Å². The molecule has 1 saturated carbocycles. The fourth-order valence-electron chi connectivity index (χ4n) is 4.25. The molecule has 0 saturated heterocycles. The fourth-order valence-corrected chi connectivity index (χ4v) is 5.16. The van der Waals surface area contributed by atoms with Gasteiger partial charge in [0.2, 0.25) is 5.89 Å². The molecule has 1 fully saturated rings. The molecule has 30 heavy (non-hydrogen) atoms. The van der Waals surface area contributed by atoms with E-state index >= 15 is 0 Å². The quantitative estimate of drug-likeness (QED) is 0.490. The van der Waals surface area contributed by atoms with Crippen molar-refractivity contribution < 1.29 is 18.7 Å². The molecule has 5 nitrogen and oxygen atoms in total. The van der Waals surface area contributed by atoms with Crippen LogP contribution in [0.1, 0.15) is 51.0 Å². The first kappa shape index (κ1) is 22.7. The molecular weight excluding hydrogens is 398 g/mol. The number of oxazole rings is 1. The number of benzene rings is 1. The smallest absolute Gasteiger partial charge is 0.226 e. The Morgan fingerprint density at radius 1 is 1.20 bits per heavy atom. The summed E-state index contributed by atoms with van der Waals surface area (Å²) in [5.41, 5.74) is 1.72. The van der Waals surface area contributed by atoms with E-state index in [1.807, 2.05) is 25.1 Å². The van der Waals surface area contributed by atoms with Crippen LogP contribution in [0.5, 0.6) is 11.5 Å². The van der Waals surface area contributed by atoms with Crippen molar-refractivity contribution in [3.63, 3.8) is 0 Å². The summed E-state index contributed by atoms with van der Waals surface area (Å²) in [4.78, 5) is 17.2. The first-order valence-electron chi connectivity index (χ1n) is 10.7. The monoisotopic (exact) mass is 431 g/mol. The molecule has 1 aliphatic rings. The molecule has 0 aliphatic heterocycles. The SMILES string of the molecule is COc1ccc(-c2nc(CSCC(=O)CC3CCCC(C)C3C)c(C)o2)cc1OC. The predicted octanol–water partition coefficient (Wildman–Crippen LogP) is 5.93. The summed E-state index contributed by atoms with van der Waals surface area (Å²) in [5.74, 6) is 6.14. The Balaban J connectivity index is 1.56. The van der Waals surface area contributed by atoms with Gasteiger partial charge in [0.1, 0.15) is 11.5 Å². The minimum Gasteiger partial charge on any atom is -0.493 e. The maximum atomic E-state index is 12.5. The highest BCUT2D eigenvalue weighted by atomic mass is 32.2. The molecule has 6 heteroatoms. The Labute approximate surface area is 183 Å². The zero-order chi connectivity index (χ0) is 21.7. The number of carbonyl (C=O) groups is 1. The average molecular weight is 432 g/mol. The van der Waals surface area contributed by atoms with E-state index in [4.69, 9.17) is 13.9 Å². The van der Waals surface area contributed by atoms with Gasteiger partial charge in [-0.3, -0.25) is 4.79 Å². The van der Waals surface area contributed by atoms with E-state index in [2.05, 4.69) is 18.8 Å². The standard InChI is InChI=1S/C24H33NO4S/c1-15-7-6-8-18(16(15)2)11-20(26)13-30-14-21-17(3)29-24(25-21)19-9-10-22(27-4)23(12-19)28-5/h9-10,12,15-16,18H,6-8,11,13-14H2,1-5H3. The van der Waals surface area contributed by atoms with Gasteiger partial charge in [-0.25, -0.2) is 4.98 Å². The van der Waals surface area contributed by atoms with Crippen LogP contribution in [0.4, 0.5) is 0 Å². The first-order chi connectivity index (χ1) is 14.4. The Morgan fingerprint density at radius 2 is 1.97 bits per heavy atom. The van der Waals surface area contributed by atoms with Crippen molar-refractivity contribution in [3.05, 3.63) is 29.7 Å². The fraction of sp³-hybridized carbons (Fsp3) is 0.583. The molecule has 1 aliphatic carbocycles. The van der Waals surface area contributed by atoms with Crippen LogP contribution in [-0.4, -0.2) is 30.7 Å². The Bertz CT molecular complexity index is 863. The molecule has 1 aromatic carbocycles. The highest BCUT2D eigenvalue weighted by Gasteiger charge is 2.28. The topological polar surface area (TPSA) is 61.6 Å². The molecule has 164 valence electrons. The molecule has 3 rings (SSSR count). The lowest BCUT2D eigenvalue weighted by Gasteiger charge is -2.33. The van der Waals surface area contributed by atoms with Gasteiger partial charge in [0.15, 0.2) is 11.5 Å². The number of aryl methyl sites for hydroxylation is 1. The molecule has 0 amide bonds. The van der Waals surface area contributed by atoms with Crippen LogP contribution < -0.4 is 9.47 Å². The van der Waals surface area contributed by atoms with Gasteiger partial charge in [-0.1, -0.05) is 26.7 Å². The number of Topliss-reactive ketones (excluding diaryl/α,β-unsaturated/α-hetero) is 1. The largest absolute Gasteiger partial charge is 0.493 e. The van der Waals surface area contributed by atoms with Gasteiger partial charge in [0.05, 0.1) is 25.7 Å². The summed E-state index contributed by atoms with van der Waals surface area (Å²) < 4.78 is 16.5. The molecule has 3 unspecified atom stereocenters. The number of aromatic nitrogens is 1. The molecule has 0 spiro atoms. The normalized spacial score (nSPS) is 21.4. The Hall–Kier alpha value is -1.95. The van der Waals surface area contributed by atoms with Crippen LogP contribution >= 0.6 is 11.8 Å². The van der Waals surface area contributed by atoms with Crippen molar-refractivity contribution in [2.24, 2.45) is 17.8 Å². The van der Waals surface area contributed by atoms with Gasteiger partial charge in [-0.2, -0.15) is 0 Å². The molecule has 0 bridgehead atoms. The van der Waals surface area contributed by atoms with Crippen LogP contribution in [0, 0.1) is 24.7 Å². The summed E-state index contributed by atoms with van der Waals surface area (Å²) in [5, 5.41) is 0. The summed E-state index contributed by atoms with van der Waals surface area (Å²) in [6.45, 7) is 6.54. The third-order valence-corrected chi connectivity index (χ3v) is 7.39. The third kappa shape index (κ3) is 5.39. The number of carbonyl (C=O) groups excluding carboxylic acids is 1. The van der Waals surface area contributed by atoms with Crippen molar-refractivity contribution in [2.45, 2.75) is 52.2 Å². The second-order valence-electron chi connectivity index (χ2n) is 8.35. The van der Waals surface area contributed by atoms with Crippen molar-refractivity contribution in [3.8, 4) is 23.0 Å². The zero-order valence-electron chi connectivity index (χ0n) is 18.7. The van der Waals surface area contributed by atoms with Gasteiger partial charge < -0.3 is 13.9 Å². The van der Waals surface area contributed by atoms with E-state index in [9.17, 15) is 4.79 Å². The number of hydrogen-bond donors (Lipinski definition) is 0. The second-order valence-corrected chi connectivity index (χ2v) is 9.34. The molecule has 1 heterocycles. The van der Waals surface area contributed by atoms with Gasteiger partial charge in [-0.15, -0.1) is 11.8 Å². The molecule has 1 aromatic heterocycles. The second kappa shape index (κ2) is 10.4. The predicted molar refractivity (Wildman–Crippen MR) is 121 cm³/mol. The number of hydrogen-bond acceptors (Lipinski definition) is 6. The lowest BCUT2D eigenvalue weighted by atomic mass is 9.72. The summed E-state index contributed by atoms with van der Waals surface area (Å²) in [7, 11) is 3.22. The van der Waals surface area contributed by atoms with Crippen LogP contribution in [-0.2, 0) is 10.5 Å². The molecule has 2 aromatic rings. The van der Waals surface area contributed by atoms with Crippen molar-refractivity contribution >= 4 is 17.5 Å². The van der Waals surface area contributed by atoms with E-state index < -0.39 is 0 Å². The lowest BCUT2D eigenvalue weighted by Crippen LogP contribution is -2.26. The summed E-state index contributed by atoms with van der Waals surface area (Å²) >= 11 is 1.62. The molecular formula is C24H33NO4S. The number of nitrogens with zero attached hydrogens (tertiary/aromatic N) is 1. The first-order valence-corrected chi connectivity index (χ1v) is 11.9. The van der Waals surface area contributed by atoms with E-state index in [0.29, 0.717) is 52.9 Å².